The van der Waals surface area contributed by atoms with E-state index in [0.29, 0.717) is 48.6 Å². The fourth-order valence-electron chi connectivity index (χ4n) is 6.02. The molecule has 0 unspecified atom stereocenters. The molecule has 0 bridgehead atoms. The zero-order chi connectivity index (χ0) is 26.0. The number of aryl methyl sites for hydroxylation is 1. The van der Waals surface area contributed by atoms with Gasteiger partial charge in [-0.25, -0.2) is 4.79 Å². The maximum absolute atomic E-state index is 13.5. The number of ether oxygens (including phenoxy) is 2. The van der Waals surface area contributed by atoms with Crippen LogP contribution in [0, 0.1) is 13.8 Å². The van der Waals surface area contributed by atoms with Gasteiger partial charge in [0.05, 0.1) is 24.3 Å². The van der Waals surface area contributed by atoms with E-state index in [4.69, 9.17) is 9.47 Å². The van der Waals surface area contributed by atoms with E-state index in [1.165, 1.54) is 5.56 Å². The molecule has 2 aromatic rings. The highest BCUT2D eigenvalue weighted by molar-refractivity contribution is 6.00. The average Bonchev–Trinajstić information content (AvgIpc) is 3.31. The van der Waals surface area contributed by atoms with Gasteiger partial charge in [-0.1, -0.05) is 31.2 Å². The summed E-state index contributed by atoms with van der Waals surface area (Å²) >= 11 is 0. The highest BCUT2D eigenvalue weighted by Gasteiger charge is 2.54. The Bertz CT molecular complexity index is 1150. The van der Waals surface area contributed by atoms with Crippen LogP contribution in [0.2, 0.25) is 0 Å². The summed E-state index contributed by atoms with van der Waals surface area (Å²) in [4.78, 5) is 43.3. The lowest BCUT2D eigenvalue weighted by atomic mass is 9.71. The second kappa shape index (κ2) is 10.5. The molecule has 1 spiro atoms. The molecule has 0 radical (unpaired) electrons. The number of esters is 1. The van der Waals surface area contributed by atoms with Crippen molar-refractivity contribution in [2.45, 2.75) is 71.4 Å². The Kier molecular flexibility index (Phi) is 7.54. The molecule has 2 amide bonds. The number of fused-ring (bicyclic) bond motifs is 2. The van der Waals surface area contributed by atoms with E-state index < -0.39 is 5.97 Å². The third-order valence-electron chi connectivity index (χ3n) is 7.74. The van der Waals surface area contributed by atoms with Crippen molar-refractivity contribution < 1.29 is 23.9 Å². The normalized spacial score (nSPS) is 20.3. The minimum Gasteiger partial charge on any atom is -0.462 e. The second-order valence-electron chi connectivity index (χ2n) is 9.66. The number of hydrogen-bond donors (Lipinski definition) is 2. The van der Waals surface area contributed by atoms with Crippen LogP contribution in [0.1, 0.15) is 89.3 Å². The lowest BCUT2D eigenvalue weighted by Gasteiger charge is -2.44. The summed E-state index contributed by atoms with van der Waals surface area (Å²) in [5.74, 6) is -0.530. The molecule has 1 saturated heterocycles. The zero-order valence-electron chi connectivity index (χ0n) is 21.9. The first kappa shape index (κ1) is 25.9. The summed E-state index contributed by atoms with van der Waals surface area (Å²) in [7, 11) is 0. The van der Waals surface area contributed by atoms with E-state index in [2.05, 4.69) is 22.4 Å². The number of piperidine rings is 1. The van der Waals surface area contributed by atoms with Crippen LogP contribution in [0.3, 0.4) is 0 Å². The van der Waals surface area contributed by atoms with Gasteiger partial charge in [-0.3, -0.25) is 9.59 Å². The minimum absolute atomic E-state index is 0.000774. The molecule has 1 aromatic carbocycles. The summed E-state index contributed by atoms with van der Waals surface area (Å²) in [5.41, 5.74) is 4.15. The first-order chi connectivity index (χ1) is 17.3. The highest BCUT2D eigenvalue weighted by atomic mass is 16.5. The van der Waals surface area contributed by atoms with Crippen LogP contribution in [0.25, 0.3) is 0 Å². The number of aromatic nitrogens is 1. The molecule has 8 nitrogen and oxygen atoms in total. The van der Waals surface area contributed by atoms with Crippen molar-refractivity contribution in [3.63, 3.8) is 0 Å². The van der Waals surface area contributed by atoms with Crippen LogP contribution in [0.4, 0.5) is 0 Å². The molecule has 0 saturated carbocycles. The fourth-order valence-corrected chi connectivity index (χ4v) is 6.02. The lowest BCUT2D eigenvalue weighted by Crippen LogP contribution is -2.52. The number of hydrogen-bond acceptors (Lipinski definition) is 5. The number of rotatable bonds is 7. The minimum atomic E-state index is -0.414. The Morgan fingerprint density at radius 3 is 2.42 bits per heavy atom. The monoisotopic (exact) mass is 495 g/mol. The topological polar surface area (TPSA) is 101 Å². The van der Waals surface area contributed by atoms with Gasteiger partial charge in [0.15, 0.2) is 0 Å². The molecule has 4 rings (SSSR count). The van der Waals surface area contributed by atoms with Gasteiger partial charge in [-0.2, -0.15) is 0 Å². The van der Waals surface area contributed by atoms with Gasteiger partial charge in [0.2, 0.25) is 5.91 Å². The van der Waals surface area contributed by atoms with Crippen LogP contribution in [-0.4, -0.2) is 60.1 Å². The van der Waals surface area contributed by atoms with E-state index in [1.54, 1.807) is 20.8 Å². The smallest absolute Gasteiger partial charge is 0.340 e. The SMILES string of the molecule is CCOC(=O)c1c(C)[nH]c(C(=O)N2CCC3(CC2)c2ccccc2[C@@H](NC(=O)CC)[C@@H]3OCC)c1C. The molecule has 194 valence electrons. The Balaban J connectivity index is 1.60. The number of H-pyrrole nitrogens is 1. The summed E-state index contributed by atoms with van der Waals surface area (Å²) in [6.45, 7) is 11.1. The Morgan fingerprint density at radius 1 is 1.08 bits per heavy atom. The third kappa shape index (κ3) is 4.32. The molecule has 2 heterocycles. The predicted molar refractivity (Wildman–Crippen MR) is 136 cm³/mol. The molecular weight excluding hydrogens is 458 g/mol. The van der Waals surface area contributed by atoms with Crippen LogP contribution in [0.5, 0.6) is 0 Å². The Labute approximate surface area is 212 Å². The van der Waals surface area contributed by atoms with Crippen LogP contribution >= 0.6 is 0 Å². The molecule has 8 heteroatoms. The van der Waals surface area contributed by atoms with Crippen LogP contribution in [-0.2, 0) is 19.7 Å². The van der Waals surface area contributed by atoms with Gasteiger partial charge in [0, 0.05) is 37.2 Å². The molecule has 2 atom stereocenters. The number of nitrogens with one attached hydrogen (secondary N) is 2. The van der Waals surface area contributed by atoms with Crippen molar-refractivity contribution in [3.8, 4) is 0 Å². The number of carbonyl (C=O) groups excluding carboxylic acids is 3. The van der Waals surface area contributed by atoms with Crippen molar-refractivity contribution in [2.24, 2.45) is 0 Å². The molecule has 2 N–H and O–H groups in total. The maximum atomic E-state index is 13.5. The van der Waals surface area contributed by atoms with Crippen molar-refractivity contribution in [2.75, 3.05) is 26.3 Å². The summed E-state index contributed by atoms with van der Waals surface area (Å²) < 4.78 is 11.5. The van der Waals surface area contributed by atoms with Gasteiger partial charge >= 0.3 is 5.97 Å². The van der Waals surface area contributed by atoms with E-state index >= 15 is 0 Å². The van der Waals surface area contributed by atoms with Crippen molar-refractivity contribution in [1.82, 2.24) is 15.2 Å². The molecule has 1 aliphatic carbocycles. The number of likely N-dealkylation sites (tertiary alicyclic amines) is 1. The Morgan fingerprint density at radius 2 is 1.78 bits per heavy atom. The fraction of sp³-hybridized carbons (Fsp3) is 0.536. The predicted octanol–water partition coefficient (Wildman–Crippen LogP) is 3.97. The van der Waals surface area contributed by atoms with Crippen molar-refractivity contribution >= 4 is 17.8 Å². The van der Waals surface area contributed by atoms with Gasteiger partial charge in [0.1, 0.15) is 5.69 Å². The van der Waals surface area contributed by atoms with E-state index in [-0.39, 0.29) is 36.0 Å². The Hall–Kier alpha value is -3.13. The maximum Gasteiger partial charge on any atom is 0.340 e. The highest BCUT2D eigenvalue weighted by Crippen LogP contribution is 2.52. The van der Waals surface area contributed by atoms with E-state index in [9.17, 15) is 14.4 Å². The van der Waals surface area contributed by atoms with E-state index in [0.717, 1.165) is 18.4 Å². The second-order valence-corrected chi connectivity index (χ2v) is 9.66. The lowest BCUT2D eigenvalue weighted by molar-refractivity contribution is -0.123. The molecule has 1 aliphatic heterocycles. The van der Waals surface area contributed by atoms with Crippen LogP contribution in [0.15, 0.2) is 24.3 Å². The standard InChI is InChI=1S/C28H37N3O5/c1-6-21(32)30-24-19-11-9-10-12-20(19)28(25(24)35-7-2)13-15-31(16-14-28)26(33)23-17(4)22(18(5)29-23)27(34)36-8-3/h9-12,24-25,29H,6-8,13-16H2,1-5H3,(H,30,32)/t24-,25+/m1/s1. The molecule has 1 fully saturated rings. The number of carbonyl (C=O) groups is 3. The summed E-state index contributed by atoms with van der Waals surface area (Å²) in [6.07, 6.45) is 1.66. The van der Waals surface area contributed by atoms with Gasteiger partial charge in [-0.15, -0.1) is 0 Å². The molecule has 1 aromatic heterocycles. The summed E-state index contributed by atoms with van der Waals surface area (Å²) in [6, 6.07) is 8.04. The van der Waals surface area contributed by atoms with Gasteiger partial charge in [0.25, 0.3) is 5.91 Å². The number of nitrogens with zero attached hydrogens (tertiary/aromatic N) is 1. The third-order valence-corrected chi connectivity index (χ3v) is 7.74. The summed E-state index contributed by atoms with van der Waals surface area (Å²) in [5, 5.41) is 3.20. The number of amides is 2. The number of aromatic amines is 1. The molecule has 2 aliphatic rings. The molecule has 36 heavy (non-hydrogen) atoms. The van der Waals surface area contributed by atoms with Crippen LogP contribution < -0.4 is 5.32 Å². The zero-order valence-corrected chi connectivity index (χ0v) is 21.9. The molecular formula is C28H37N3O5. The van der Waals surface area contributed by atoms with Crippen molar-refractivity contribution in [3.05, 3.63) is 57.9 Å². The quantitative estimate of drug-likeness (QED) is 0.566. The first-order valence-electron chi connectivity index (χ1n) is 12.9. The number of benzene rings is 1. The largest absolute Gasteiger partial charge is 0.462 e. The van der Waals surface area contributed by atoms with E-state index in [1.807, 2.05) is 30.9 Å². The average molecular weight is 496 g/mol. The van der Waals surface area contributed by atoms with Crippen molar-refractivity contribution in [1.29, 1.82) is 0 Å². The van der Waals surface area contributed by atoms with Gasteiger partial charge in [-0.05, 0) is 57.2 Å². The van der Waals surface area contributed by atoms with Gasteiger partial charge < -0.3 is 24.7 Å². The first-order valence-corrected chi connectivity index (χ1v) is 12.9.